The number of hydrogen-bond donors (Lipinski definition) is 1. The van der Waals surface area contributed by atoms with Crippen LogP contribution in [0.3, 0.4) is 0 Å². The maximum absolute atomic E-state index is 5.29. The smallest absolute Gasteiger partial charge is 0.181 e. The van der Waals surface area contributed by atoms with Crippen LogP contribution >= 0.6 is 0 Å². The molecule has 0 bridgehead atoms. The molecule has 2 rings (SSSR count). The van der Waals surface area contributed by atoms with E-state index in [0.717, 1.165) is 29.9 Å². The third kappa shape index (κ3) is 3.23. The molecule has 1 aromatic carbocycles. The monoisotopic (exact) mass is 242 g/mol. The van der Waals surface area contributed by atoms with E-state index in [9.17, 15) is 0 Å². The van der Waals surface area contributed by atoms with E-state index in [-0.39, 0.29) is 0 Å². The molecule has 0 fully saturated rings. The van der Waals surface area contributed by atoms with Crippen LogP contribution in [0, 0.1) is 0 Å². The van der Waals surface area contributed by atoms with Crippen molar-refractivity contribution < 1.29 is 4.42 Å². The number of allylic oxidation sites excluding steroid dienone is 1. The lowest BCUT2D eigenvalue weighted by Gasteiger charge is -2.14. The normalized spacial score (nSPS) is 12.1. The molecular formula is C15H18N2O. The molecule has 1 heterocycles. The number of oxazole rings is 1. The molecule has 1 unspecified atom stereocenters. The van der Waals surface area contributed by atoms with Crippen LogP contribution in [0.4, 0.5) is 5.69 Å². The number of aromatic nitrogens is 1. The molecule has 0 radical (unpaired) electrons. The largest absolute Gasteiger partial charge is 0.444 e. The Hall–Kier alpha value is -2.03. The molecule has 94 valence electrons. The summed E-state index contributed by atoms with van der Waals surface area (Å²) in [5.74, 6) is 0.789. The minimum absolute atomic E-state index is 0.424. The molecule has 3 nitrogen and oxygen atoms in total. The van der Waals surface area contributed by atoms with Crippen molar-refractivity contribution in [1.82, 2.24) is 4.98 Å². The quantitative estimate of drug-likeness (QED) is 0.775. The van der Waals surface area contributed by atoms with Gasteiger partial charge in [-0.2, -0.15) is 0 Å². The average Bonchev–Trinajstić information content (AvgIpc) is 2.90. The van der Waals surface area contributed by atoms with E-state index >= 15 is 0 Å². The zero-order valence-electron chi connectivity index (χ0n) is 10.6. The number of benzene rings is 1. The number of rotatable bonds is 6. The van der Waals surface area contributed by atoms with Crippen LogP contribution in [-0.2, 0) is 0 Å². The Morgan fingerprint density at radius 3 is 3.11 bits per heavy atom. The summed E-state index contributed by atoms with van der Waals surface area (Å²) in [6.45, 7) is 5.91. The molecule has 0 aliphatic rings. The Labute approximate surface area is 108 Å². The molecule has 3 heteroatoms. The summed E-state index contributed by atoms with van der Waals surface area (Å²) in [6, 6.07) is 8.59. The van der Waals surface area contributed by atoms with Crippen LogP contribution in [0.25, 0.3) is 11.3 Å². The highest BCUT2D eigenvalue weighted by atomic mass is 16.3. The van der Waals surface area contributed by atoms with Gasteiger partial charge in [0, 0.05) is 17.3 Å². The molecule has 0 saturated carbocycles. The Balaban J connectivity index is 2.06. The standard InChI is InChI=1S/C15H18N2O/c1-3-4-6-12(2)17-14-8-5-7-13(9-14)15-10-16-11-18-15/h3,5,7-12,17H,1,4,6H2,2H3. The van der Waals surface area contributed by atoms with Gasteiger partial charge in [0.05, 0.1) is 6.20 Å². The summed E-state index contributed by atoms with van der Waals surface area (Å²) >= 11 is 0. The number of anilines is 1. The SMILES string of the molecule is C=CCCC(C)Nc1cccc(-c2cnco2)c1. The van der Waals surface area contributed by atoms with Crippen molar-refractivity contribution in [2.45, 2.75) is 25.8 Å². The first-order valence-electron chi connectivity index (χ1n) is 6.16. The summed E-state index contributed by atoms with van der Waals surface area (Å²) in [6.07, 6.45) is 7.22. The van der Waals surface area contributed by atoms with Gasteiger partial charge in [0.25, 0.3) is 0 Å². The fourth-order valence-electron chi connectivity index (χ4n) is 1.85. The van der Waals surface area contributed by atoms with Crippen LogP contribution < -0.4 is 5.32 Å². The van der Waals surface area contributed by atoms with Gasteiger partial charge in [-0.15, -0.1) is 6.58 Å². The highest BCUT2D eigenvalue weighted by molar-refractivity contribution is 5.63. The van der Waals surface area contributed by atoms with Gasteiger partial charge in [-0.3, -0.25) is 0 Å². The minimum atomic E-state index is 0.424. The molecule has 1 atom stereocenters. The number of nitrogens with zero attached hydrogens (tertiary/aromatic N) is 1. The molecule has 0 saturated heterocycles. The van der Waals surface area contributed by atoms with Gasteiger partial charge in [0.1, 0.15) is 0 Å². The zero-order chi connectivity index (χ0) is 12.8. The molecule has 0 aliphatic heterocycles. The number of hydrogen-bond acceptors (Lipinski definition) is 3. The lowest BCUT2D eigenvalue weighted by Crippen LogP contribution is -2.14. The fourth-order valence-corrected chi connectivity index (χ4v) is 1.85. The van der Waals surface area contributed by atoms with Crippen molar-refractivity contribution in [2.24, 2.45) is 0 Å². The van der Waals surface area contributed by atoms with Gasteiger partial charge in [-0.05, 0) is 31.9 Å². The lowest BCUT2D eigenvalue weighted by molar-refractivity contribution is 0.572. The second-order valence-electron chi connectivity index (χ2n) is 4.36. The van der Waals surface area contributed by atoms with E-state index in [0.29, 0.717) is 6.04 Å². The molecule has 18 heavy (non-hydrogen) atoms. The van der Waals surface area contributed by atoms with Crippen LogP contribution in [-0.4, -0.2) is 11.0 Å². The lowest BCUT2D eigenvalue weighted by atomic mass is 10.1. The van der Waals surface area contributed by atoms with Crippen molar-refractivity contribution in [1.29, 1.82) is 0 Å². The Kier molecular flexibility index (Phi) is 4.18. The molecule has 0 spiro atoms. The maximum Gasteiger partial charge on any atom is 0.181 e. The van der Waals surface area contributed by atoms with Crippen LogP contribution in [0.5, 0.6) is 0 Å². The summed E-state index contributed by atoms with van der Waals surface area (Å²) in [5, 5.41) is 3.47. The third-order valence-corrected chi connectivity index (χ3v) is 2.80. The maximum atomic E-state index is 5.29. The van der Waals surface area contributed by atoms with E-state index in [1.807, 2.05) is 18.2 Å². The van der Waals surface area contributed by atoms with E-state index in [4.69, 9.17) is 4.42 Å². The van der Waals surface area contributed by atoms with Crippen molar-refractivity contribution in [3.05, 3.63) is 49.5 Å². The molecule has 2 aromatic rings. The third-order valence-electron chi connectivity index (χ3n) is 2.80. The van der Waals surface area contributed by atoms with Crippen LogP contribution in [0.1, 0.15) is 19.8 Å². The first-order chi connectivity index (χ1) is 8.79. The van der Waals surface area contributed by atoms with Crippen molar-refractivity contribution >= 4 is 5.69 Å². The Morgan fingerprint density at radius 1 is 1.50 bits per heavy atom. The van der Waals surface area contributed by atoms with Gasteiger partial charge in [0.15, 0.2) is 12.2 Å². The average molecular weight is 242 g/mol. The molecular weight excluding hydrogens is 224 g/mol. The van der Waals surface area contributed by atoms with Gasteiger partial charge < -0.3 is 9.73 Å². The second kappa shape index (κ2) is 6.05. The predicted octanol–water partition coefficient (Wildman–Crippen LogP) is 4.11. The molecule has 0 aliphatic carbocycles. The highest BCUT2D eigenvalue weighted by Crippen LogP contribution is 2.22. The van der Waals surface area contributed by atoms with E-state index in [2.05, 4.69) is 35.9 Å². The molecule has 1 aromatic heterocycles. The van der Waals surface area contributed by atoms with Crippen LogP contribution in [0.15, 0.2) is 53.9 Å². The summed E-state index contributed by atoms with van der Waals surface area (Å²) in [5.41, 5.74) is 2.13. The highest BCUT2D eigenvalue weighted by Gasteiger charge is 2.04. The van der Waals surface area contributed by atoms with E-state index in [1.165, 1.54) is 6.39 Å². The first kappa shape index (κ1) is 12.4. The molecule has 0 amide bonds. The van der Waals surface area contributed by atoms with E-state index in [1.54, 1.807) is 6.20 Å². The van der Waals surface area contributed by atoms with Crippen molar-refractivity contribution in [3.63, 3.8) is 0 Å². The molecule has 1 N–H and O–H groups in total. The summed E-state index contributed by atoms with van der Waals surface area (Å²) in [7, 11) is 0. The van der Waals surface area contributed by atoms with Crippen molar-refractivity contribution in [2.75, 3.05) is 5.32 Å². The fraction of sp³-hybridized carbons (Fsp3) is 0.267. The Morgan fingerprint density at radius 2 is 2.39 bits per heavy atom. The Bertz CT molecular complexity index is 491. The first-order valence-corrected chi connectivity index (χ1v) is 6.16. The summed E-state index contributed by atoms with van der Waals surface area (Å²) < 4.78 is 5.29. The van der Waals surface area contributed by atoms with Gasteiger partial charge in [-0.1, -0.05) is 18.2 Å². The van der Waals surface area contributed by atoms with Crippen LogP contribution in [0.2, 0.25) is 0 Å². The minimum Gasteiger partial charge on any atom is -0.444 e. The summed E-state index contributed by atoms with van der Waals surface area (Å²) in [4.78, 5) is 3.93. The van der Waals surface area contributed by atoms with Crippen molar-refractivity contribution in [3.8, 4) is 11.3 Å². The second-order valence-corrected chi connectivity index (χ2v) is 4.36. The van der Waals surface area contributed by atoms with Gasteiger partial charge in [-0.25, -0.2) is 4.98 Å². The van der Waals surface area contributed by atoms with Gasteiger partial charge >= 0.3 is 0 Å². The zero-order valence-corrected chi connectivity index (χ0v) is 10.6. The van der Waals surface area contributed by atoms with Gasteiger partial charge in [0.2, 0.25) is 0 Å². The predicted molar refractivity (Wildman–Crippen MR) is 74.5 cm³/mol. The topological polar surface area (TPSA) is 38.1 Å². The van der Waals surface area contributed by atoms with E-state index < -0.39 is 0 Å². The number of nitrogens with one attached hydrogen (secondary N) is 1.